The van der Waals surface area contributed by atoms with Crippen molar-refractivity contribution in [1.82, 2.24) is 14.2 Å². The lowest BCUT2D eigenvalue weighted by Gasteiger charge is -2.36. The van der Waals surface area contributed by atoms with E-state index in [1.807, 2.05) is 18.2 Å². The van der Waals surface area contributed by atoms with Crippen LogP contribution in [0.3, 0.4) is 0 Å². The van der Waals surface area contributed by atoms with Gasteiger partial charge >= 0.3 is 5.97 Å². The summed E-state index contributed by atoms with van der Waals surface area (Å²) in [6.07, 6.45) is 2.87. The molecule has 1 atom stereocenters. The summed E-state index contributed by atoms with van der Waals surface area (Å²) in [5.74, 6) is -0.309. The maximum absolute atomic E-state index is 12.0. The molecule has 8 nitrogen and oxygen atoms in total. The molecule has 1 aliphatic rings. The Balaban J connectivity index is 1.91. The second kappa shape index (κ2) is 6.66. The summed E-state index contributed by atoms with van der Waals surface area (Å²) in [7, 11) is -1.69. The van der Waals surface area contributed by atoms with Crippen molar-refractivity contribution in [2.24, 2.45) is 0 Å². The van der Waals surface area contributed by atoms with E-state index in [9.17, 15) is 18.3 Å². The first-order valence-corrected chi connectivity index (χ1v) is 9.73. The predicted octanol–water partition coefficient (Wildman–Crippen LogP) is 0.879. The number of carboxylic acids is 1. The third-order valence-electron chi connectivity index (χ3n) is 4.56. The molecule has 3 rings (SSSR count). The third kappa shape index (κ3) is 3.48. The minimum absolute atomic E-state index is 0.286. The highest BCUT2D eigenvalue weighted by molar-refractivity contribution is 7.88. The molecule has 136 valence electrons. The normalized spacial score (nSPS) is 18.3. The molecule has 2 heterocycles. The minimum atomic E-state index is -3.26. The number of nitrogens with zero attached hydrogens (tertiary/aromatic N) is 2. The summed E-state index contributed by atoms with van der Waals surface area (Å²) < 4.78 is 29.9. The van der Waals surface area contributed by atoms with Crippen LogP contribution in [-0.2, 0) is 14.8 Å². The lowest BCUT2D eigenvalue weighted by molar-refractivity contribution is -0.144. The number of aromatic amines is 1. The van der Waals surface area contributed by atoms with E-state index in [0.717, 1.165) is 10.9 Å². The van der Waals surface area contributed by atoms with E-state index < -0.39 is 22.0 Å². The molecule has 0 radical (unpaired) electrons. The minimum Gasteiger partial charge on any atom is -0.497 e. The first-order valence-electron chi connectivity index (χ1n) is 7.88. The van der Waals surface area contributed by atoms with Gasteiger partial charge in [0.25, 0.3) is 0 Å². The molecule has 1 aromatic carbocycles. The number of ether oxygens (including phenoxy) is 1. The molecular formula is C16H21N3O5S. The Bertz CT molecular complexity index is 884. The van der Waals surface area contributed by atoms with Gasteiger partial charge in [0.15, 0.2) is 0 Å². The van der Waals surface area contributed by atoms with Crippen molar-refractivity contribution >= 4 is 26.9 Å². The number of piperazine rings is 1. The molecule has 1 unspecified atom stereocenters. The number of H-pyrrole nitrogens is 1. The number of methoxy groups -OCH3 is 1. The van der Waals surface area contributed by atoms with Crippen LogP contribution >= 0.6 is 0 Å². The van der Waals surface area contributed by atoms with Crippen molar-refractivity contribution in [3.63, 3.8) is 0 Å². The third-order valence-corrected chi connectivity index (χ3v) is 5.86. The van der Waals surface area contributed by atoms with Crippen LogP contribution in [0.15, 0.2) is 24.4 Å². The number of aliphatic carboxylic acids is 1. The Labute approximate surface area is 146 Å². The maximum Gasteiger partial charge on any atom is 0.325 e. The highest BCUT2D eigenvalue weighted by atomic mass is 32.2. The molecular weight excluding hydrogens is 346 g/mol. The van der Waals surface area contributed by atoms with Crippen LogP contribution in [0.4, 0.5) is 0 Å². The Hall–Kier alpha value is -2.10. The standard InChI is InChI=1S/C16H21N3O5S/c1-24-11-3-4-14-12(9-11)13(10-17-14)15(16(20)21)18-5-7-19(8-6-18)25(2,22)23/h3-4,9-10,15,17H,5-8H2,1-2H3,(H,20,21). The van der Waals surface area contributed by atoms with Crippen LogP contribution in [-0.4, -0.2) is 73.2 Å². The number of nitrogens with one attached hydrogen (secondary N) is 1. The quantitative estimate of drug-likeness (QED) is 0.813. The average Bonchev–Trinajstić information content (AvgIpc) is 2.97. The topological polar surface area (TPSA) is 103 Å². The molecule has 1 aromatic heterocycles. The molecule has 25 heavy (non-hydrogen) atoms. The fourth-order valence-corrected chi connectivity index (χ4v) is 4.08. The van der Waals surface area contributed by atoms with Crippen LogP contribution in [0.5, 0.6) is 5.75 Å². The van der Waals surface area contributed by atoms with E-state index >= 15 is 0 Å². The van der Waals surface area contributed by atoms with Crippen LogP contribution in [0.25, 0.3) is 10.9 Å². The van der Waals surface area contributed by atoms with Gasteiger partial charge in [-0.1, -0.05) is 0 Å². The summed E-state index contributed by atoms with van der Waals surface area (Å²) in [5, 5.41) is 10.6. The van der Waals surface area contributed by atoms with Gasteiger partial charge in [0, 0.05) is 48.8 Å². The molecule has 2 aromatic rings. The van der Waals surface area contributed by atoms with Gasteiger partial charge in [-0.05, 0) is 18.2 Å². The molecule has 0 aliphatic carbocycles. The Kier molecular flexibility index (Phi) is 4.72. The Morgan fingerprint density at radius 1 is 1.28 bits per heavy atom. The average molecular weight is 367 g/mol. The number of carbonyl (C=O) groups is 1. The molecule has 0 bridgehead atoms. The molecule has 0 amide bonds. The fourth-order valence-electron chi connectivity index (χ4n) is 3.25. The molecule has 9 heteroatoms. The van der Waals surface area contributed by atoms with E-state index in [4.69, 9.17) is 4.74 Å². The summed E-state index contributed by atoms with van der Waals surface area (Å²) in [6, 6.07) is 4.62. The summed E-state index contributed by atoms with van der Waals surface area (Å²) in [4.78, 5) is 16.8. The van der Waals surface area contributed by atoms with Crippen molar-refractivity contribution in [1.29, 1.82) is 0 Å². The number of hydrogen-bond donors (Lipinski definition) is 2. The van der Waals surface area contributed by atoms with E-state index in [0.29, 0.717) is 24.4 Å². The highest BCUT2D eigenvalue weighted by Gasteiger charge is 2.33. The molecule has 1 saturated heterocycles. The molecule has 2 N–H and O–H groups in total. The van der Waals surface area contributed by atoms with Crippen LogP contribution in [0.1, 0.15) is 11.6 Å². The fraction of sp³-hybridized carbons (Fsp3) is 0.438. The molecule has 1 fully saturated rings. The zero-order valence-corrected chi connectivity index (χ0v) is 14.9. The highest BCUT2D eigenvalue weighted by Crippen LogP contribution is 2.31. The number of carboxylic acid groups (broad SMARTS) is 1. The Morgan fingerprint density at radius 2 is 1.96 bits per heavy atom. The van der Waals surface area contributed by atoms with Gasteiger partial charge in [0.1, 0.15) is 11.8 Å². The first kappa shape index (κ1) is 17.7. The number of rotatable bonds is 5. The molecule has 0 saturated carbocycles. The van der Waals surface area contributed by atoms with Gasteiger partial charge < -0.3 is 14.8 Å². The van der Waals surface area contributed by atoms with Crippen LogP contribution in [0, 0.1) is 0 Å². The Morgan fingerprint density at radius 3 is 2.52 bits per heavy atom. The van der Waals surface area contributed by atoms with Gasteiger partial charge in [0.05, 0.1) is 13.4 Å². The van der Waals surface area contributed by atoms with Crippen molar-refractivity contribution < 1.29 is 23.1 Å². The number of fused-ring (bicyclic) bond motifs is 1. The van der Waals surface area contributed by atoms with E-state index in [1.54, 1.807) is 18.2 Å². The van der Waals surface area contributed by atoms with Crippen molar-refractivity contribution in [2.75, 3.05) is 39.5 Å². The SMILES string of the molecule is COc1ccc2[nH]cc(C(C(=O)O)N3CCN(S(C)(=O)=O)CC3)c2c1. The molecule has 0 spiro atoms. The van der Waals surface area contributed by atoms with Crippen molar-refractivity contribution in [2.45, 2.75) is 6.04 Å². The number of hydrogen-bond acceptors (Lipinski definition) is 5. The van der Waals surface area contributed by atoms with Gasteiger partial charge in [-0.2, -0.15) is 4.31 Å². The van der Waals surface area contributed by atoms with Crippen molar-refractivity contribution in [3.8, 4) is 5.75 Å². The second-order valence-electron chi connectivity index (χ2n) is 6.09. The number of sulfonamides is 1. The maximum atomic E-state index is 12.0. The van der Waals surface area contributed by atoms with Crippen LogP contribution in [0.2, 0.25) is 0 Å². The predicted molar refractivity (Wildman–Crippen MR) is 93.2 cm³/mol. The first-order chi connectivity index (χ1) is 11.8. The molecule has 1 aliphatic heterocycles. The summed E-state index contributed by atoms with van der Waals surface area (Å²) in [5.41, 5.74) is 1.48. The lowest BCUT2D eigenvalue weighted by atomic mass is 10.0. The zero-order chi connectivity index (χ0) is 18.2. The second-order valence-corrected chi connectivity index (χ2v) is 8.08. The van der Waals surface area contributed by atoms with Crippen molar-refractivity contribution in [3.05, 3.63) is 30.0 Å². The van der Waals surface area contributed by atoms with Gasteiger partial charge in [0.2, 0.25) is 10.0 Å². The zero-order valence-electron chi connectivity index (χ0n) is 14.1. The monoisotopic (exact) mass is 367 g/mol. The number of aromatic nitrogens is 1. The summed E-state index contributed by atoms with van der Waals surface area (Å²) >= 11 is 0. The van der Waals surface area contributed by atoms with E-state index in [1.165, 1.54) is 10.6 Å². The summed E-state index contributed by atoms with van der Waals surface area (Å²) in [6.45, 7) is 1.30. The lowest BCUT2D eigenvalue weighted by Crippen LogP contribution is -2.50. The number of benzene rings is 1. The van der Waals surface area contributed by atoms with Gasteiger partial charge in [-0.25, -0.2) is 8.42 Å². The van der Waals surface area contributed by atoms with Gasteiger partial charge in [-0.3, -0.25) is 9.69 Å². The van der Waals surface area contributed by atoms with E-state index in [-0.39, 0.29) is 13.1 Å². The van der Waals surface area contributed by atoms with Gasteiger partial charge in [-0.15, -0.1) is 0 Å². The largest absolute Gasteiger partial charge is 0.497 e. The van der Waals surface area contributed by atoms with Crippen LogP contribution < -0.4 is 4.74 Å². The van der Waals surface area contributed by atoms with E-state index in [2.05, 4.69) is 4.98 Å². The smallest absolute Gasteiger partial charge is 0.325 e.